The van der Waals surface area contributed by atoms with E-state index in [9.17, 15) is 0 Å². The summed E-state index contributed by atoms with van der Waals surface area (Å²) >= 11 is 0. The maximum atomic E-state index is 5.12. The molecule has 4 nitrogen and oxygen atoms in total. The summed E-state index contributed by atoms with van der Waals surface area (Å²) in [5.74, 6) is 1.83. The molecule has 0 saturated heterocycles. The molecule has 0 N–H and O–H groups in total. The molecule has 2 heterocycles. The van der Waals surface area contributed by atoms with E-state index < -0.39 is 0 Å². The third kappa shape index (κ3) is 5.60. The molecular formula is C47H28N4U. The third-order valence-corrected chi connectivity index (χ3v) is 9.61. The molecule has 5 heteroatoms. The van der Waals surface area contributed by atoms with Gasteiger partial charge in [0.2, 0.25) is 0 Å². The molecule has 1 aliphatic heterocycles. The van der Waals surface area contributed by atoms with E-state index >= 15 is 0 Å². The van der Waals surface area contributed by atoms with Crippen molar-refractivity contribution in [3.05, 3.63) is 182 Å². The summed E-state index contributed by atoms with van der Waals surface area (Å²) in [6.07, 6.45) is 0. The fraction of sp³-hybridized carbons (Fsp3) is 0. The van der Waals surface area contributed by atoms with Crippen LogP contribution in [0.1, 0.15) is 0 Å². The number of anilines is 3. The van der Waals surface area contributed by atoms with Crippen molar-refractivity contribution in [3.8, 4) is 56.4 Å². The number of benzene rings is 8. The second-order valence-corrected chi connectivity index (χ2v) is 12.7. The molecule has 240 valence electrons. The van der Waals surface area contributed by atoms with E-state index in [1.165, 1.54) is 32.7 Å². The molecule has 0 unspecified atom stereocenters. The van der Waals surface area contributed by atoms with Crippen LogP contribution in [0, 0.1) is 43.2 Å². The Bertz CT molecular complexity index is 2760. The molecule has 1 aliphatic rings. The van der Waals surface area contributed by atoms with Gasteiger partial charge >= 0.3 is 31.1 Å². The van der Waals surface area contributed by atoms with Crippen molar-refractivity contribution in [1.82, 2.24) is 15.0 Å². The van der Waals surface area contributed by atoms with Crippen LogP contribution in [0.3, 0.4) is 0 Å². The van der Waals surface area contributed by atoms with Gasteiger partial charge in [0, 0.05) is 27.8 Å². The van der Waals surface area contributed by atoms with Crippen LogP contribution in [-0.4, -0.2) is 15.0 Å². The molecule has 0 aliphatic carbocycles. The molecule has 0 atom stereocenters. The fourth-order valence-corrected chi connectivity index (χ4v) is 7.23. The van der Waals surface area contributed by atoms with E-state index in [0.29, 0.717) is 17.5 Å². The summed E-state index contributed by atoms with van der Waals surface area (Å²) in [6.45, 7) is 0. The van der Waals surface area contributed by atoms with Crippen molar-refractivity contribution in [2.45, 2.75) is 0 Å². The van der Waals surface area contributed by atoms with E-state index in [0.717, 1.165) is 44.9 Å². The van der Waals surface area contributed by atoms with Gasteiger partial charge in [-0.3, -0.25) is 0 Å². The summed E-state index contributed by atoms with van der Waals surface area (Å²) in [6, 6.07) is 65.6. The summed E-state index contributed by atoms with van der Waals surface area (Å²) in [5, 5.41) is 4.88. The minimum Gasteiger partial charge on any atom is -0.309 e. The SMILES string of the molecule is [U+2].[c-]1ccccc1-c1[c-]ccc(-c2nc(-c3ccccc3)nc(-c3cccc(N4c5cc6ccccc6cc5-c5cccc6cccc4c56)c3)n2)c1. The molecule has 0 saturated carbocycles. The van der Waals surface area contributed by atoms with Crippen molar-refractivity contribution < 1.29 is 31.1 Å². The molecule has 0 spiro atoms. The van der Waals surface area contributed by atoms with Crippen LogP contribution in [0.15, 0.2) is 170 Å². The molecule has 0 radical (unpaired) electrons. The van der Waals surface area contributed by atoms with Crippen molar-refractivity contribution in [2.75, 3.05) is 4.90 Å². The second kappa shape index (κ2) is 13.4. The average Bonchev–Trinajstić information content (AvgIpc) is 3.21. The topological polar surface area (TPSA) is 41.9 Å². The molecule has 0 fully saturated rings. The Morgan fingerprint density at radius 2 is 1.04 bits per heavy atom. The Balaban J connectivity index is 0.00000360. The number of rotatable bonds is 5. The predicted molar refractivity (Wildman–Crippen MR) is 208 cm³/mol. The van der Waals surface area contributed by atoms with Gasteiger partial charge in [-0.05, 0) is 52.1 Å². The van der Waals surface area contributed by atoms with E-state index in [4.69, 9.17) is 15.0 Å². The standard InChI is InChI=1S/C47H28N4.U/c1-3-13-31(14-4-1)34-21-9-22-37(27-34)46-48-45(33-15-5-2-6-16-33)49-47(50-46)38-23-10-24-39(28-38)51-42-26-12-20-32-19-11-25-40(44(32)42)41-29-35-17-7-8-18-36(35)30-43(41)51;/h1-13,15-20,22-30H;/q-2;+2. The second-order valence-electron chi connectivity index (χ2n) is 12.7. The predicted octanol–water partition coefficient (Wildman–Crippen LogP) is 11.9. The molecule has 0 amide bonds. The molecule has 1 aromatic heterocycles. The van der Waals surface area contributed by atoms with E-state index in [-0.39, 0.29) is 31.1 Å². The molecular weight excluding hydrogens is 859 g/mol. The Kier molecular flexibility index (Phi) is 8.24. The Hall–Kier alpha value is -5.86. The van der Waals surface area contributed by atoms with Crippen molar-refractivity contribution >= 4 is 38.6 Å². The zero-order chi connectivity index (χ0) is 33.7. The Morgan fingerprint density at radius 1 is 0.404 bits per heavy atom. The number of fused-ring (bicyclic) bond motifs is 3. The molecule has 52 heavy (non-hydrogen) atoms. The normalized spacial score (nSPS) is 11.7. The van der Waals surface area contributed by atoms with Gasteiger partial charge in [0.25, 0.3) is 0 Å². The maximum Gasteiger partial charge on any atom is 2.00 e. The van der Waals surface area contributed by atoms with Crippen LogP contribution in [0.4, 0.5) is 17.1 Å². The number of nitrogens with zero attached hydrogens (tertiary/aromatic N) is 4. The first-order valence-electron chi connectivity index (χ1n) is 17.0. The van der Waals surface area contributed by atoms with Gasteiger partial charge < -0.3 is 4.90 Å². The quantitative estimate of drug-likeness (QED) is 0.162. The van der Waals surface area contributed by atoms with Crippen LogP contribution in [0.2, 0.25) is 0 Å². The summed E-state index contributed by atoms with van der Waals surface area (Å²) in [7, 11) is 0. The van der Waals surface area contributed by atoms with Crippen LogP contribution in [0.25, 0.3) is 78.0 Å². The minimum absolute atomic E-state index is 0. The van der Waals surface area contributed by atoms with Crippen LogP contribution in [0.5, 0.6) is 0 Å². The maximum absolute atomic E-state index is 5.12. The van der Waals surface area contributed by atoms with Gasteiger partial charge in [0.15, 0.2) is 11.6 Å². The number of hydrogen-bond donors (Lipinski definition) is 0. The van der Waals surface area contributed by atoms with Gasteiger partial charge in [-0.2, -0.15) is 42.5 Å². The summed E-state index contributed by atoms with van der Waals surface area (Å²) in [4.78, 5) is 17.6. The fourth-order valence-electron chi connectivity index (χ4n) is 7.23. The largest absolute Gasteiger partial charge is 2.00 e. The summed E-state index contributed by atoms with van der Waals surface area (Å²) in [5.41, 5.74) is 10.4. The molecule has 9 aromatic rings. The first-order chi connectivity index (χ1) is 25.3. The van der Waals surface area contributed by atoms with Crippen LogP contribution >= 0.6 is 0 Å². The third-order valence-electron chi connectivity index (χ3n) is 9.61. The van der Waals surface area contributed by atoms with Crippen molar-refractivity contribution in [3.63, 3.8) is 0 Å². The monoisotopic (exact) mass is 886 g/mol. The zero-order valence-electron chi connectivity index (χ0n) is 28.0. The molecule has 8 aromatic carbocycles. The molecule has 10 rings (SSSR count). The van der Waals surface area contributed by atoms with Gasteiger partial charge in [0.1, 0.15) is 5.82 Å². The summed E-state index contributed by atoms with van der Waals surface area (Å²) < 4.78 is 0. The smallest absolute Gasteiger partial charge is 0.309 e. The molecule has 0 bridgehead atoms. The first kappa shape index (κ1) is 32.1. The average molecular weight is 887 g/mol. The number of aromatic nitrogens is 3. The van der Waals surface area contributed by atoms with Gasteiger partial charge in [-0.25, -0.2) is 26.1 Å². The van der Waals surface area contributed by atoms with Gasteiger partial charge in [-0.1, -0.05) is 103 Å². The Labute approximate surface area is 325 Å². The van der Waals surface area contributed by atoms with Gasteiger partial charge in [-0.15, -0.1) is 12.1 Å². The zero-order valence-corrected chi connectivity index (χ0v) is 32.1. The van der Waals surface area contributed by atoms with E-state index in [2.05, 4.69) is 120 Å². The van der Waals surface area contributed by atoms with E-state index in [1.54, 1.807) is 0 Å². The van der Waals surface area contributed by atoms with E-state index in [1.807, 2.05) is 66.7 Å². The first-order valence-corrected chi connectivity index (χ1v) is 17.0. The van der Waals surface area contributed by atoms with Crippen molar-refractivity contribution in [1.29, 1.82) is 0 Å². The minimum atomic E-state index is 0. The van der Waals surface area contributed by atoms with Crippen LogP contribution < -0.4 is 4.90 Å². The van der Waals surface area contributed by atoms with Gasteiger partial charge in [0.05, 0.1) is 11.4 Å². The van der Waals surface area contributed by atoms with Crippen molar-refractivity contribution in [2.24, 2.45) is 0 Å². The number of hydrogen-bond acceptors (Lipinski definition) is 4. The van der Waals surface area contributed by atoms with Crippen LogP contribution in [-0.2, 0) is 0 Å². The Morgan fingerprint density at radius 3 is 1.83 bits per heavy atom.